The molecule has 3 N–H and O–H groups in total. The summed E-state index contributed by atoms with van der Waals surface area (Å²) in [4.78, 5) is 24.0. The van der Waals surface area contributed by atoms with Crippen molar-refractivity contribution >= 4 is 12.2 Å². The molecule has 1 aromatic rings. The maximum Gasteiger partial charge on any atom is 0.407 e. The zero-order chi connectivity index (χ0) is 18.4. The molecule has 138 valence electrons. The number of aliphatic hydroxyl groups is 1. The largest absolute Gasteiger partial charge is 0.465 e. The van der Waals surface area contributed by atoms with Gasteiger partial charge in [0.05, 0.1) is 6.04 Å². The Hall–Kier alpha value is -2.42. The Kier molecular flexibility index (Phi) is 6.13. The topological polar surface area (TPSA) is 99.1 Å². The lowest BCUT2D eigenvalue weighted by molar-refractivity contribution is -0.119. The van der Waals surface area contributed by atoms with Crippen molar-refractivity contribution in [2.45, 2.75) is 37.5 Å². The number of alkyl carbamates (subject to hydrolysis) is 1. The van der Waals surface area contributed by atoms with E-state index in [1.54, 1.807) is 30.3 Å². The van der Waals surface area contributed by atoms with E-state index in [0.29, 0.717) is 5.56 Å². The first kappa shape index (κ1) is 18.9. The maximum absolute atomic E-state index is 13.4. The standard InChI is InChI=1S/C16H20F2N2O5/c17-13(18)16(24)7-4-8-20(15(22)23)9-12(16)19-14(21)25-10-11-5-2-1-3-6-11/h1-3,5-6,12-13,24H,4,7-10H2,(H,19,21)(H,22,23)/t12-,16?/m1/s1. The molecule has 1 saturated heterocycles. The van der Waals surface area contributed by atoms with E-state index in [4.69, 9.17) is 9.84 Å². The summed E-state index contributed by atoms with van der Waals surface area (Å²) >= 11 is 0. The molecule has 1 heterocycles. The summed E-state index contributed by atoms with van der Waals surface area (Å²) in [5.41, 5.74) is -1.81. The molecule has 1 unspecified atom stereocenters. The highest BCUT2D eigenvalue weighted by molar-refractivity contribution is 5.68. The molecule has 1 aromatic carbocycles. The number of nitrogens with one attached hydrogen (secondary N) is 1. The number of alkyl halides is 2. The average molecular weight is 358 g/mol. The van der Waals surface area contributed by atoms with Gasteiger partial charge in [-0.1, -0.05) is 30.3 Å². The Morgan fingerprint density at radius 3 is 2.64 bits per heavy atom. The van der Waals surface area contributed by atoms with Gasteiger partial charge in [-0.2, -0.15) is 0 Å². The summed E-state index contributed by atoms with van der Waals surface area (Å²) in [6, 6.07) is 7.26. The molecular formula is C16H20F2N2O5. The van der Waals surface area contributed by atoms with Crippen LogP contribution in [0.25, 0.3) is 0 Å². The molecule has 1 aliphatic rings. The van der Waals surface area contributed by atoms with Crippen molar-refractivity contribution in [3.8, 4) is 0 Å². The molecular weight excluding hydrogens is 338 g/mol. The highest BCUT2D eigenvalue weighted by Gasteiger charge is 2.48. The second kappa shape index (κ2) is 8.11. The van der Waals surface area contributed by atoms with Crippen molar-refractivity contribution in [3.63, 3.8) is 0 Å². The van der Waals surface area contributed by atoms with Crippen LogP contribution in [0.15, 0.2) is 30.3 Å². The van der Waals surface area contributed by atoms with E-state index in [2.05, 4.69) is 5.32 Å². The molecule has 1 aliphatic heterocycles. The lowest BCUT2D eigenvalue weighted by atomic mass is 9.90. The Balaban J connectivity index is 2.05. The SMILES string of the molecule is O=C(N[C@@H]1CN(C(=O)O)CCCC1(O)C(F)F)OCc1ccccc1. The molecule has 2 atom stereocenters. The minimum Gasteiger partial charge on any atom is -0.465 e. The summed E-state index contributed by atoms with van der Waals surface area (Å²) in [5.74, 6) is 0. The number of ether oxygens (including phenoxy) is 1. The van der Waals surface area contributed by atoms with Gasteiger partial charge in [0.2, 0.25) is 0 Å². The minimum atomic E-state index is -3.14. The van der Waals surface area contributed by atoms with Crippen molar-refractivity contribution in [1.82, 2.24) is 10.2 Å². The number of rotatable bonds is 4. The molecule has 0 aliphatic carbocycles. The predicted octanol–water partition coefficient (Wildman–Crippen LogP) is 2.05. The van der Waals surface area contributed by atoms with Crippen LogP contribution in [0.2, 0.25) is 0 Å². The number of hydrogen-bond donors (Lipinski definition) is 3. The van der Waals surface area contributed by atoms with Crippen LogP contribution in [0.1, 0.15) is 18.4 Å². The molecule has 0 radical (unpaired) electrons. The van der Waals surface area contributed by atoms with Crippen LogP contribution >= 0.6 is 0 Å². The van der Waals surface area contributed by atoms with Crippen LogP contribution in [0.5, 0.6) is 0 Å². The normalized spacial score (nSPS) is 23.8. The third-order valence-corrected chi connectivity index (χ3v) is 4.16. The highest BCUT2D eigenvalue weighted by Crippen LogP contribution is 2.29. The Morgan fingerprint density at radius 1 is 1.36 bits per heavy atom. The van der Waals surface area contributed by atoms with Gasteiger partial charge in [-0.15, -0.1) is 0 Å². The zero-order valence-electron chi connectivity index (χ0n) is 13.4. The molecule has 9 heteroatoms. The Labute approximate surface area is 143 Å². The number of carbonyl (C=O) groups excluding carboxylic acids is 1. The Morgan fingerprint density at radius 2 is 2.04 bits per heavy atom. The molecule has 0 bridgehead atoms. The lowest BCUT2D eigenvalue weighted by Gasteiger charge is -2.34. The monoisotopic (exact) mass is 358 g/mol. The van der Waals surface area contributed by atoms with Gasteiger partial charge < -0.3 is 25.2 Å². The summed E-state index contributed by atoms with van der Waals surface area (Å²) in [7, 11) is 0. The van der Waals surface area contributed by atoms with E-state index in [0.717, 1.165) is 4.90 Å². The molecule has 1 fully saturated rings. The summed E-state index contributed by atoms with van der Waals surface area (Å²) in [6.45, 7) is -0.520. The fraction of sp³-hybridized carbons (Fsp3) is 0.500. The van der Waals surface area contributed by atoms with E-state index in [1.165, 1.54) is 0 Å². The van der Waals surface area contributed by atoms with Crippen molar-refractivity contribution in [2.24, 2.45) is 0 Å². The second-order valence-electron chi connectivity index (χ2n) is 5.88. The van der Waals surface area contributed by atoms with Crippen molar-refractivity contribution in [1.29, 1.82) is 0 Å². The number of benzene rings is 1. The number of nitrogens with zero attached hydrogens (tertiary/aromatic N) is 1. The highest BCUT2D eigenvalue weighted by atomic mass is 19.3. The van der Waals surface area contributed by atoms with E-state index in [1.807, 2.05) is 0 Å². The van der Waals surface area contributed by atoms with E-state index >= 15 is 0 Å². The molecule has 0 saturated carbocycles. The first-order valence-corrected chi connectivity index (χ1v) is 7.78. The van der Waals surface area contributed by atoms with Crippen LogP contribution in [-0.2, 0) is 11.3 Å². The molecule has 2 rings (SSSR count). The molecule has 7 nitrogen and oxygen atoms in total. The fourth-order valence-corrected chi connectivity index (χ4v) is 2.71. The molecule has 25 heavy (non-hydrogen) atoms. The van der Waals surface area contributed by atoms with Gasteiger partial charge in [0.1, 0.15) is 12.2 Å². The van der Waals surface area contributed by atoms with Gasteiger partial charge in [0.15, 0.2) is 0 Å². The van der Waals surface area contributed by atoms with Gasteiger partial charge in [0, 0.05) is 13.1 Å². The lowest BCUT2D eigenvalue weighted by Crippen LogP contribution is -2.60. The third-order valence-electron chi connectivity index (χ3n) is 4.16. The van der Waals surface area contributed by atoms with Gasteiger partial charge in [-0.05, 0) is 18.4 Å². The van der Waals surface area contributed by atoms with Crippen molar-refractivity contribution in [3.05, 3.63) is 35.9 Å². The smallest absolute Gasteiger partial charge is 0.407 e. The Bertz CT molecular complexity index is 601. The van der Waals surface area contributed by atoms with Gasteiger partial charge in [-0.3, -0.25) is 0 Å². The molecule has 2 amide bonds. The summed E-state index contributed by atoms with van der Waals surface area (Å²) in [5, 5.41) is 21.6. The first-order chi connectivity index (χ1) is 11.8. The second-order valence-corrected chi connectivity index (χ2v) is 5.88. The van der Waals surface area contributed by atoms with E-state index in [9.17, 15) is 23.5 Å². The summed E-state index contributed by atoms with van der Waals surface area (Å²) in [6.07, 6.45) is -5.72. The van der Waals surface area contributed by atoms with Crippen molar-refractivity contribution in [2.75, 3.05) is 13.1 Å². The number of halogens is 2. The van der Waals surface area contributed by atoms with Crippen LogP contribution in [0.4, 0.5) is 18.4 Å². The fourth-order valence-electron chi connectivity index (χ4n) is 2.71. The number of carboxylic acid groups (broad SMARTS) is 1. The number of hydrogen-bond acceptors (Lipinski definition) is 4. The van der Waals surface area contributed by atoms with Gasteiger partial charge in [-0.25, -0.2) is 18.4 Å². The van der Waals surface area contributed by atoms with Crippen LogP contribution in [0.3, 0.4) is 0 Å². The first-order valence-electron chi connectivity index (χ1n) is 7.78. The third kappa shape index (κ3) is 4.79. The van der Waals surface area contributed by atoms with Crippen LogP contribution < -0.4 is 5.32 Å². The van der Waals surface area contributed by atoms with Gasteiger partial charge in [0.25, 0.3) is 6.43 Å². The minimum absolute atomic E-state index is 0.00159. The number of carbonyl (C=O) groups is 2. The quantitative estimate of drug-likeness (QED) is 0.765. The van der Waals surface area contributed by atoms with E-state index < -0.39 is 36.8 Å². The maximum atomic E-state index is 13.4. The average Bonchev–Trinajstić information content (AvgIpc) is 2.74. The summed E-state index contributed by atoms with van der Waals surface area (Å²) < 4.78 is 31.7. The van der Waals surface area contributed by atoms with Gasteiger partial charge >= 0.3 is 12.2 Å². The predicted molar refractivity (Wildman–Crippen MR) is 83.3 cm³/mol. The molecule has 0 spiro atoms. The zero-order valence-corrected chi connectivity index (χ0v) is 13.4. The van der Waals surface area contributed by atoms with Crippen LogP contribution in [-0.4, -0.2) is 58.5 Å². The number of amides is 2. The molecule has 0 aromatic heterocycles. The number of likely N-dealkylation sites (tertiary alicyclic amines) is 1. The van der Waals surface area contributed by atoms with E-state index in [-0.39, 0.29) is 26.0 Å². The van der Waals surface area contributed by atoms with Crippen LogP contribution in [0, 0.1) is 0 Å². The van der Waals surface area contributed by atoms with Crippen molar-refractivity contribution < 1.29 is 33.3 Å².